The number of carbonyl (C=O) groups excluding carboxylic acids is 1. The summed E-state index contributed by atoms with van der Waals surface area (Å²) >= 11 is 0. The molecule has 1 atom stereocenters. The fraction of sp³-hybridized carbons (Fsp3) is 0.818. The normalized spacial score (nSPS) is 17.5. The molecule has 0 aromatic heterocycles. The maximum atomic E-state index is 11.4. The van der Waals surface area contributed by atoms with Gasteiger partial charge in [-0.25, -0.2) is 4.79 Å². The molecule has 1 aliphatic rings. The molecule has 0 aromatic rings. The summed E-state index contributed by atoms with van der Waals surface area (Å²) in [5.41, 5.74) is 0. The van der Waals surface area contributed by atoms with Gasteiger partial charge in [0.1, 0.15) is 6.04 Å². The van der Waals surface area contributed by atoms with Crippen molar-refractivity contribution in [2.75, 3.05) is 0 Å². The van der Waals surface area contributed by atoms with Crippen molar-refractivity contribution in [1.82, 2.24) is 5.32 Å². The molecule has 0 aliphatic heterocycles. The highest BCUT2D eigenvalue weighted by molar-refractivity contribution is 5.83. The Labute approximate surface area is 90.0 Å². The number of amides is 1. The van der Waals surface area contributed by atoms with E-state index in [-0.39, 0.29) is 11.8 Å². The highest BCUT2D eigenvalue weighted by Gasteiger charge is 2.30. The predicted octanol–water partition coefficient (Wildman–Crippen LogP) is 1.40. The van der Waals surface area contributed by atoms with E-state index in [2.05, 4.69) is 5.32 Å². The van der Waals surface area contributed by atoms with Gasteiger partial charge in [-0.3, -0.25) is 4.79 Å². The van der Waals surface area contributed by atoms with Gasteiger partial charge in [0.05, 0.1) is 0 Å². The molecule has 15 heavy (non-hydrogen) atoms. The Morgan fingerprint density at radius 1 is 1.40 bits per heavy atom. The average molecular weight is 213 g/mol. The highest BCUT2D eigenvalue weighted by Crippen LogP contribution is 2.33. The van der Waals surface area contributed by atoms with Crippen LogP contribution in [0.15, 0.2) is 0 Å². The van der Waals surface area contributed by atoms with Crippen molar-refractivity contribution < 1.29 is 14.7 Å². The van der Waals surface area contributed by atoms with Crippen LogP contribution in [-0.4, -0.2) is 23.0 Å². The second-order valence-corrected chi connectivity index (χ2v) is 4.74. The van der Waals surface area contributed by atoms with Crippen LogP contribution >= 0.6 is 0 Å². The Balaban J connectivity index is 2.35. The molecule has 0 bridgehead atoms. The van der Waals surface area contributed by atoms with E-state index < -0.39 is 12.0 Å². The van der Waals surface area contributed by atoms with Gasteiger partial charge in [-0.2, -0.15) is 0 Å². The topological polar surface area (TPSA) is 66.4 Å². The number of hydrogen-bond acceptors (Lipinski definition) is 2. The van der Waals surface area contributed by atoms with Crippen LogP contribution < -0.4 is 5.32 Å². The second kappa shape index (κ2) is 5.14. The fourth-order valence-electron chi connectivity index (χ4n) is 1.53. The van der Waals surface area contributed by atoms with Gasteiger partial charge in [0.25, 0.3) is 0 Å². The fourth-order valence-corrected chi connectivity index (χ4v) is 1.53. The Morgan fingerprint density at radius 2 is 2.00 bits per heavy atom. The van der Waals surface area contributed by atoms with E-state index in [1.54, 1.807) is 0 Å². The van der Waals surface area contributed by atoms with Gasteiger partial charge in [0.2, 0.25) is 5.91 Å². The summed E-state index contributed by atoms with van der Waals surface area (Å²) in [7, 11) is 0. The number of carbonyl (C=O) groups is 2. The van der Waals surface area contributed by atoms with Gasteiger partial charge in [0, 0.05) is 6.42 Å². The first-order valence-corrected chi connectivity index (χ1v) is 5.51. The van der Waals surface area contributed by atoms with E-state index in [0.29, 0.717) is 18.8 Å². The van der Waals surface area contributed by atoms with Crippen LogP contribution in [0.25, 0.3) is 0 Å². The molecule has 0 radical (unpaired) electrons. The second-order valence-electron chi connectivity index (χ2n) is 4.74. The van der Waals surface area contributed by atoms with Gasteiger partial charge in [-0.05, 0) is 18.3 Å². The summed E-state index contributed by atoms with van der Waals surface area (Å²) in [6.07, 6.45) is 3.18. The molecule has 0 heterocycles. The van der Waals surface area contributed by atoms with E-state index in [0.717, 1.165) is 12.8 Å². The Morgan fingerprint density at radius 3 is 2.40 bits per heavy atom. The molecule has 1 fully saturated rings. The SMILES string of the molecule is CC(C)CC(=O)N[C@@H](CC1CC1)C(=O)O. The summed E-state index contributed by atoms with van der Waals surface area (Å²) in [6.45, 7) is 3.88. The summed E-state index contributed by atoms with van der Waals surface area (Å²) in [5, 5.41) is 11.5. The third-order valence-corrected chi connectivity index (χ3v) is 2.49. The molecule has 2 N–H and O–H groups in total. The van der Waals surface area contributed by atoms with Gasteiger partial charge in [0.15, 0.2) is 0 Å². The van der Waals surface area contributed by atoms with Crippen molar-refractivity contribution >= 4 is 11.9 Å². The van der Waals surface area contributed by atoms with E-state index in [1.165, 1.54) is 0 Å². The summed E-state index contributed by atoms with van der Waals surface area (Å²) in [4.78, 5) is 22.3. The van der Waals surface area contributed by atoms with E-state index in [1.807, 2.05) is 13.8 Å². The number of rotatable bonds is 6. The minimum absolute atomic E-state index is 0.155. The Bertz CT molecular complexity index is 246. The molecule has 1 aliphatic carbocycles. The summed E-state index contributed by atoms with van der Waals surface area (Å²) in [5.74, 6) is -0.303. The van der Waals surface area contributed by atoms with Crippen molar-refractivity contribution in [2.45, 2.75) is 45.6 Å². The van der Waals surface area contributed by atoms with Crippen LogP contribution in [0.2, 0.25) is 0 Å². The standard InChI is InChI=1S/C11H19NO3/c1-7(2)5-10(13)12-9(11(14)15)6-8-3-4-8/h7-9H,3-6H2,1-2H3,(H,12,13)(H,14,15)/t9-/m0/s1. The molecule has 0 aromatic carbocycles. The van der Waals surface area contributed by atoms with E-state index >= 15 is 0 Å². The van der Waals surface area contributed by atoms with Crippen LogP contribution in [0, 0.1) is 11.8 Å². The summed E-state index contributed by atoms with van der Waals surface area (Å²) < 4.78 is 0. The zero-order chi connectivity index (χ0) is 11.4. The first-order valence-electron chi connectivity index (χ1n) is 5.51. The maximum absolute atomic E-state index is 11.4. The lowest BCUT2D eigenvalue weighted by Crippen LogP contribution is -2.41. The van der Waals surface area contributed by atoms with Gasteiger partial charge in [-0.1, -0.05) is 26.7 Å². The molecule has 1 amide bonds. The quantitative estimate of drug-likeness (QED) is 0.701. The molecule has 1 rings (SSSR count). The largest absolute Gasteiger partial charge is 0.480 e. The predicted molar refractivity (Wildman–Crippen MR) is 56.4 cm³/mol. The van der Waals surface area contributed by atoms with Crippen LogP contribution in [-0.2, 0) is 9.59 Å². The molecule has 0 unspecified atom stereocenters. The molecule has 0 spiro atoms. The van der Waals surface area contributed by atoms with Crippen molar-refractivity contribution in [3.8, 4) is 0 Å². The van der Waals surface area contributed by atoms with Crippen molar-refractivity contribution in [3.63, 3.8) is 0 Å². The zero-order valence-corrected chi connectivity index (χ0v) is 9.32. The first-order chi connectivity index (χ1) is 6.99. The smallest absolute Gasteiger partial charge is 0.326 e. The number of hydrogen-bond donors (Lipinski definition) is 2. The molecule has 86 valence electrons. The van der Waals surface area contributed by atoms with Gasteiger partial charge in [-0.15, -0.1) is 0 Å². The molecule has 4 heteroatoms. The number of aliphatic carboxylic acids is 1. The third-order valence-electron chi connectivity index (χ3n) is 2.49. The minimum Gasteiger partial charge on any atom is -0.480 e. The minimum atomic E-state index is -0.918. The van der Waals surface area contributed by atoms with Crippen LogP contribution in [0.3, 0.4) is 0 Å². The number of carboxylic acids is 1. The maximum Gasteiger partial charge on any atom is 0.326 e. The van der Waals surface area contributed by atoms with Crippen molar-refractivity contribution in [1.29, 1.82) is 0 Å². The van der Waals surface area contributed by atoms with Gasteiger partial charge < -0.3 is 10.4 Å². The monoisotopic (exact) mass is 213 g/mol. The van der Waals surface area contributed by atoms with Crippen LogP contribution in [0.1, 0.15) is 39.5 Å². The third kappa shape index (κ3) is 4.81. The van der Waals surface area contributed by atoms with Crippen molar-refractivity contribution in [3.05, 3.63) is 0 Å². The molecule has 1 saturated carbocycles. The average Bonchev–Trinajstić information content (AvgIpc) is 2.85. The lowest BCUT2D eigenvalue weighted by Gasteiger charge is -2.14. The lowest BCUT2D eigenvalue weighted by molar-refractivity contribution is -0.142. The first kappa shape index (κ1) is 12.0. The zero-order valence-electron chi connectivity index (χ0n) is 9.32. The van der Waals surface area contributed by atoms with Crippen LogP contribution in [0.4, 0.5) is 0 Å². The lowest BCUT2D eigenvalue weighted by atomic mass is 10.1. The number of nitrogens with one attached hydrogen (secondary N) is 1. The molecule has 4 nitrogen and oxygen atoms in total. The highest BCUT2D eigenvalue weighted by atomic mass is 16.4. The summed E-state index contributed by atoms with van der Waals surface area (Å²) in [6, 6.07) is -0.691. The van der Waals surface area contributed by atoms with Crippen LogP contribution in [0.5, 0.6) is 0 Å². The molecule has 0 saturated heterocycles. The van der Waals surface area contributed by atoms with E-state index in [9.17, 15) is 9.59 Å². The Hall–Kier alpha value is -1.06. The van der Waals surface area contributed by atoms with Crippen molar-refractivity contribution in [2.24, 2.45) is 11.8 Å². The van der Waals surface area contributed by atoms with Gasteiger partial charge >= 0.3 is 5.97 Å². The Kier molecular flexibility index (Phi) is 4.12. The number of carboxylic acid groups (broad SMARTS) is 1. The van der Waals surface area contributed by atoms with E-state index in [4.69, 9.17) is 5.11 Å². The molecular formula is C11H19NO3. The molecular weight excluding hydrogens is 194 g/mol.